The number of allylic oxidation sites excluding steroid dienone is 1. The number of carbonyl (C=O) groups is 2. The number of carbonyl (C=O) groups excluding carboxylic acids is 2. The third-order valence-corrected chi connectivity index (χ3v) is 7.60. The Morgan fingerprint density at radius 1 is 1.22 bits per heavy atom. The molecule has 1 aromatic rings. The van der Waals surface area contributed by atoms with E-state index in [-0.39, 0.29) is 30.0 Å². The summed E-state index contributed by atoms with van der Waals surface area (Å²) in [6, 6.07) is 2.74. The second-order valence-corrected chi connectivity index (χ2v) is 9.42. The first-order chi connectivity index (χ1) is 15.5. The van der Waals surface area contributed by atoms with Gasteiger partial charge in [0.2, 0.25) is 11.8 Å². The molecule has 4 rings (SSSR count). The van der Waals surface area contributed by atoms with Gasteiger partial charge in [-0.2, -0.15) is 0 Å². The normalized spacial score (nSPS) is 27.5. The minimum absolute atomic E-state index is 0.0442. The molecule has 2 amide bonds. The zero-order valence-electron chi connectivity index (χ0n) is 19.1. The van der Waals surface area contributed by atoms with Crippen molar-refractivity contribution in [3.05, 3.63) is 39.8 Å². The molecule has 1 aliphatic carbocycles. The Hall–Kier alpha value is -2.41. The molecule has 0 unspecified atom stereocenters. The predicted molar refractivity (Wildman–Crippen MR) is 123 cm³/mol. The van der Waals surface area contributed by atoms with Crippen LogP contribution in [0.2, 0.25) is 0 Å². The van der Waals surface area contributed by atoms with Gasteiger partial charge in [0.25, 0.3) is 5.56 Å². The molecule has 2 N–H and O–H groups in total. The largest absolute Gasteiger partial charge is 0.396 e. The summed E-state index contributed by atoms with van der Waals surface area (Å²) in [4.78, 5) is 41.3. The maximum atomic E-state index is 13.5. The number of hydrogen-bond donors (Lipinski definition) is 2. The maximum Gasteiger partial charge on any atom is 0.258 e. The Morgan fingerprint density at radius 3 is 2.62 bits per heavy atom. The molecule has 7 heteroatoms. The molecule has 174 valence electrons. The zero-order chi connectivity index (χ0) is 22.8. The molecule has 1 saturated carbocycles. The molecule has 3 aliphatic rings. The third kappa shape index (κ3) is 3.91. The number of fused-ring (bicyclic) bond motifs is 4. The van der Waals surface area contributed by atoms with Gasteiger partial charge < -0.3 is 19.9 Å². The highest BCUT2D eigenvalue weighted by Gasteiger charge is 2.57. The zero-order valence-corrected chi connectivity index (χ0v) is 19.1. The van der Waals surface area contributed by atoms with Crippen LogP contribution in [0.3, 0.4) is 0 Å². The van der Waals surface area contributed by atoms with Crippen LogP contribution >= 0.6 is 0 Å². The van der Waals surface area contributed by atoms with E-state index in [9.17, 15) is 19.5 Å². The van der Waals surface area contributed by atoms with Crippen molar-refractivity contribution < 1.29 is 14.7 Å². The van der Waals surface area contributed by atoms with Crippen LogP contribution < -0.4 is 10.9 Å². The molecule has 3 heterocycles. The van der Waals surface area contributed by atoms with Gasteiger partial charge in [-0.25, -0.2) is 0 Å². The number of pyridine rings is 1. The van der Waals surface area contributed by atoms with E-state index in [4.69, 9.17) is 0 Å². The quantitative estimate of drug-likeness (QED) is 0.710. The van der Waals surface area contributed by atoms with Crippen molar-refractivity contribution in [1.29, 1.82) is 0 Å². The minimum atomic E-state index is -0.565. The predicted octanol–water partition coefficient (Wildman–Crippen LogP) is 2.48. The Morgan fingerprint density at radius 2 is 1.97 bits per heavy atom. The number of rotatable bonds is 6. The highest BCUT2D eigenvalue weighted by atomic mass is 16.3. The second-order valence-electron chi connectivity index (χ2n) is 9.42. The highest BCUT2D eigenvalue weighted by Crippen LogP contribution is 2.48. The lowest BCUT2D eigenvalue weighted by atomic mass is 9.85. The lowest BCUT2D eigenvalue weighted by Gasteiger charge is -2.38. The van der Waals surface area contributed by atoms with E-state index in [0.29, 0.717) is 36.7 Å². The standard InChI is InChI=1S/C25H35N3O4/c1-3-8-17-11-12-19-23-22(24(31)26-13-16-9-6-5-7-10-16)18(15-29)20(14-27(19)25(17)32)28(23)21(30)4-2/h3,8,11-12,16,18,20,22-23,29H,4-7,9-10,13-15H2,1-2H3,(H,26,31)/b8-3+/t18-,20-,22+,23+/m1/s1. The molecule has 1 saturated heterocycles. The van der Waals surface area contributed by atoms with Crippen LogP contribution in [-0.4, -0.2) is 45.6 Å². The summed E-state index contributed by atoms with van der Waals surface area (Å²) in [6.07, 6.45) is 9.86. The Bertz CT molecular complexity index is 947. The van der Waals surface area contributed by atoms with Crippen LogP contribution in [0.1, 0.15) is 69.7 Å². The van der Waals surface area contributed by atoms with Crippen LogP contribution in [0.4, 0.5) is 0 Å². The number of aliphatic hydroxyl groups is 1. The van der Waals surface area contributed by atoms with E-state index < -0.39 is 17.9 Å². The molecule has 0 radical (unpaired) electrons. The Kier molecular flexibility index (Phi) is 6.84. The summed E-state index contributed by atoms with van der Waals surface area (Å²) < 4.78 is 1.71. The molecule has 2 aliphatic heterocycles. The summed E-state index contributed by atoms with van der Waals surface area (Å²) >= 11 is 0. The minimum Gasteiger partial charge on any atom is -0.396 e. The molecule has 4 atom stereocenters. The summed E-state index contributed by atoms with van der Waals surface area (Å²) in [7, 11) is 0. The summed E-state index contributed by atoms with van der Waals surface area (Å²) in [5, 5.41) is 13.4. The second kappa shape index (κ2) is 9.61. The molecule has 1 aromatic heterocycles. The number of nitrogens with one attached hydrogen (secondary N) is 1. The van der Waals surface area contributed by atoms with E-state index in [1.165, 1.54) is 19.3 Å². The van der Waals surface area contributed by atoms with Gasteiger partial charge in [-0.3, -0.25) is 14.4 Å². The monoisotopic (exact) mass is 441 g/mol. The van der Waals surface area contributed by atoms with Gasteiger partial charge in [-0.05, 0) is 37.8 Å². The van der Waals surface area contributed by atoms with Gasteiger partial charge >= 0.3 is 0 Å². The summed E-state index contributed by atoms with van der Waals surface area (Å²) in [6.45, 7) is 4.42. The first-order valence-electron chi connectivity index (χ1n) is 12.1. The van der Waals surface area contributed by atoms with Crippen LogP contribution in [0, 0.1) is 17.8 Å². The van der Waals surface area contributed by atoms with Gasteiger partial charge in [0.15, 0.2) is 0 Å². The van der Waals surface area contributed by atoms with Gasteiger partial charge in [0, 0.05) is 43.3 Å². The smallest absolute Gasteiger partial charge is 0.258 e. The average molecular weight is 442 g/mol. The lowest BCUT2D eigenvalue weighted by molar-refractivity contribution is -0.136. The number of nitrogens with zero attached hydrogens (tertiary/aromatic N) is 2. The van der Waals surface area contributed by atoms with Crippen LogP contribution in [-0.2, 0) is 16.1 Å². The molecule has 7 nitrogen and oxygen atoms in total. The van der Waals surface area contributed by atoms with Crippen LogP contribution in [0.15, 0.2) is 23.0 Å². The van der Waals surface area contributed by atoms with E-state index in [1.54, 1.807) is 21.6 Å². The van der Waals surface area contributed by atoms with E-state index in [0.717, 1.165) is 12.8 Å². The van der Waals surface area contributed by atoms with Gasteiger partial charge in [0.1, 0.15) is 0 Å². The number of aliphatic hydroxyl groups excluding tert-OH is 1. The van der Waals surface area contributed by atoms with Crippen molar-refractivity contribution in [2.24, 2.45) is 17.8 Å². The lowest BCUT2D eigenvalue weighted by Crippen LogP contribution is -2.49. The van der Waals surface area contributed by atoms with Crippen molar-refractivity contribution in [3.8, 4) is 0 Å². The Labute approximate surface area is 189 Å². The van der Waals surface area contributed by atoms with Crippen molar-refractivity contribution in [2.45, 2.75) is 71.0 Å². The summed E-state index contributed by atoms with van der Waals surface area (Å²) in [5.41, 5.74) is 1.17. The fraction of sp³-hybridized carbons (Fsp3) is 0.640. The first-order valence-corrected chi connectivity index (χ1v) is 12.1. The van der Waals surface area contributed by atoms with Crippen LogP contribution in [0.25, 0.3) is 6.08 Å². The van der Waals surface area contributed by atoms with Crippen molar-refractivity contribution in [3.63, 3.8) is 0 Å². The van der Waals surface area contributed by atoms with Crippen LogP contribution in [0.5, 0.6) is 0 Å². The molecular weight excluding hydrogens is 406 g/mol. The van der Waals surface area contributed by atoms with Crippen molar-refractivity contribution in [2.75, 3.05) is 13.2 Å². The van der Waals surface area contributed by atoms with E-state index in [2.05, 4.69) is 5.32 Å². The molecule has 0 spiro atoms. The Balaban J connectivity index is 1.70. The van der Waals surface area contributed by atoms with Gasteiger partial charge in [-0.1, -0.05) is 38.3 Å². The highest BCUT2D eigenvalue weighted by molar-refractivity contribution is 5.84. The molecule has 32 heavy (non-hydrogen) atoms. The number of amides is 2. The molecular formula is C25H35N3O4. The molecule has 2 bridgehead atoms. The number of aromatic nitrogens is 1. The summed E-state index contributed by atoms with van der Waals surface area (Å²) in [5.74, 6) is -0.629. The molecule has 2 fully saturated rings. The topological polar surface area (TPSA) is 91.6 Å². The van der Waals surface area contributed by atoms with Gasteiger partial charge in [-0.15, -0.1) is 0 Å². The fourth-order valence-corrected chi connectivity index (χ4v) is 6.01. The average Bonchev–Trinajstić information content (AvgIpc) is 3.06. The van der Waals surface area contributed by atoms with E-state index in [1.807, 2.05) is 26.0 Å². The third-order valence-electron chi connectivity index (χ3n) is 7.60. The van der Waals surface area contributed by atoms with Gasteiger partial charge in [0.05, 0.1) is 18.0 Å². The molecule has 0 aromatic carbocycles. The maximum absolute atomic E-state index is 13.5. The van der Waals surface area contributed by atoms with Crippen molar-refractivity contribution in [1.82, 2.24) is 14.8 Å². The number of hydrogen-bond acceptors (Lipinski definition) is 4. The first kappa shape index (κ1) is 22.8. The van der Waals surface area contributed by atoms with E-state index >= 15 is 0 Å². The SMILES string of the molecule is C/C=C/c1ccc2n(c1=O)C[C@@H]1[C@@H](CO)[C@H](C(=O)NCC3CCCCC3)[C@H]2N1C(=O)CC. The van der Waals surface area contributed by atoms with Crippen molar-refractivity contribution >= 4 is 17.9 Å². The fourth-order valence-electron chi connectivity index (χ4n) is 6.01.